The van der Waals surface area contributed by atoms with Gasteiger partial charge in [-0.2, -0.15) is 0 Å². The van der Waals surface area contributed by atoms with Crippen LogP contribution in [-0.4, -0.2) is 94.1 Å². The minimum absolute atomic E-state index is 0.148. The maximum absolute atomic E-state index is 15.2. The topological polar surface area (TPSA) is 86.8 Å². The van der Waals surface area contributed by atoms with Crippen molar-refractivity contribution in [3.8, 4) is 0 Å². The van der Waals surface area contributed by atoms with Crippen LogP contribution >= 0.6 is 11.3 Å². The summed E-state index contributed by atoms with van der Waals surface area (Å²) >= 11 is 1.66. The number of aromatic amines is 1. The maximum Gasteiger partial charge on any atom is 0.237 e. The molecule has 9 nitrogen and oxygen atoms in total. The smallest absolute Gasteiger partial charge is 0.237 e. The van der Waals surface area contributed by atoms with Crippen molar-refractivity contribution in [1.29, 1.82) is 0 Å². The van der Waals surface area contributed by atoms with Crippen molar-refractivity contribution in [2.24, 2.45) is 0 Å². The Balaban J connectivity index is 1.20. The highest BCUT2D eigenvalue weighted by Gasteiger charge is 2.39. The third kappa shape index (κ3) is 4.72. The van der Waals surface area contributed by atoms with E-state index in [1.165, 1.54) is 6.07 Å². The van der Waals surface area contributed by atoms with Crippen molar-refractivity contribution < 1.29 is 18.7 Å². The number of morpholine rings is 1. The van der Waals surface area contributed by atoms with Gasteiger partial charge in [-0.25, -0.2) is 14.4 Å². The highest BCUT2D eigenvalue weighted by Crippen LogP contribution is 2.39. The Morgan fingerprint density at radius 2 is 2.00 bits per heavy atom. The molecule has 39 heavy (non-hydrogen) atoms. The lowest BCUT2D eigenvalue weighted by Gasteiger charge is -2.47. The van der Waals surface area contributed by atoms with Crippen LogP contribution in [0.3, 0.4) is 0 Å². The van der Waals surface area contributed by atoms with Gasteiger partial charge in [0.15, 0.2) is 0 Å². The average Bonchev–Trinajstić information content (AvgIpc) is 3.61. The third-order valence-corrected chi connectivity index (χ3v) is 9.32. The Morgan fingerprint density at radius 1 is 1.10 bits per heavy atom. The van der Waals surface area contributed by atoms with Gasteiger partial charge in [-0.15, -0.1) is 11.3 Å². The summed E-state index contributed by atoms with van der Waals surface area (Å²) in [6, 6.07) is 7.54. The number of carbonyl (C=O) groups is 1. The normalized spacial score (nSPS) is 23.2. The van der Waals surface area contributed by atoms with E-state index in [-0.39, 0.29) is 23.9 Å². The number of carbonyl (C=O) groups excluding carboxylic acids is 1. The molecular formula is C28H31FN6O3S. The van der Waals surface area contributed by atoms with Crippen LogP contribution < -0.4 is 0 Å². The molecule has 6 heterocycles. The third-order valence-electron chi connectivity index (χ3n) is 8.22. The molecule has 0 aliphatic carbocycles. The van der Waals surface area contributed by atoms with Gasteiger partial charge in [0.05, 0.1) is 35.6 Å². The first-order chi connectivity index (χ1) is 19.2. The number of thiophene rings is 1. The Bertz CT molecular complexity index is 1450. The zero-order valence-electron chi connectivity index (χ0n) is 21.6. The summed E-state index contributed by atoms with van der Waals surface area (Å²) in [6.07, 6.45) is 6.45. The van der Waals surface area contributed by atoms with Gasteiger partial charge in [-0.1, -0.05) is 0 Å². The van der Waals surface area contributed by atoms with Crippen molar-refractivity contribution in [3.63, 3.8) is 0 Å². The van der Waals surface area contributed by atoms with Crippen LogP contribution in [0.1, 0.15) is 35.6 Å². The molecule has 7 rings (SSSR count). The lowest BCUT2D eigenvalue weighted by Crippen LogP contribution is -2.58. The molecule has 3 saturated heterocycles. The van der Waals surface area contributed by atoms with E-state index >= 15 is 4.39 Å². The Labute approximate surface area is 229 Å². The molecule has 1 amide bonds. The summed E-state index contributed by atoms with van der Waals surface area (Å²) in [5, 5.41) is 0.843. The molecule has 2 unspecified atom stereocenters. The molecule has 0 radical (unpaired) electrons. The fourth-order valence-electron chi connectivity index (χ4n) is 6.34. The fraction of sp³-hybridized carbons (Fsp3) is 0.464. The molecule has 1 aromatic carbocycles. The van der Waals surface area contributed by atoms with Crippen molar-refractivity contribution >= 4 is 38.4 Å². The zero-order valence-corrected chi connectivity index (χ0v) is 22.4. The average molecular weight is 551 g/mol. The van der Waals surface area contributed by atoms with Crippen LogP contribution in [0.2, 0.25) is 0 Å². The first-order valence-electron chi connectivity index (χ1n) is 13.6. The number of hydrogen-bond donors (Lipinski definition) is 1. The van der Waals surface area contributed by atoms with Gasteiger partial charge in [-0.05, 0) is 37.1 Å². The number of piperazine rings is 1. The Kier molecular flexibility index (Phi) is 6.77. The number of fused-ring (bicyclic) bond motifs is 2. The highest BCUT2D eigenvalue weighted by molar-refractivity contribution is 7.19. The summed E-state index contributed by atoms with van der Waals surface area (Å²) in [4.78, 5) is 33.1. The van der Waals surface area contributed by atoms with Crippen molar-refractivity contribution in [1.82, 2.24) is 29.7 Å². The Morgan fingerprint density at radius 3 is 2.85 bits per heavy atom. The first-order valence-corrected chi connectivity index (χ1v) is 14.4. The quantitative estimate of drug-likeness (QED) is 0.406. The molecule has 0 spiro atoms. The number of nitrogens with zero attached hydrogens (tertiary/aromatic N) is 5. The summed E-state index contributed by atoms with van der Waals surface area (Å²) in [6.45, 7) is 4.88. The van der Waals surface area contributed by atoms with E-state index in [0.717, 1.165) is 45.4 Å². The molecule has 0 saturated carbocycles. The number of H-pyrrole nitrogens is 1. The summed E-state index contributed by atoms with van der Waals surface area (Å²) < 4.78 is 27.9. The fourth-order valence-corrected chi connectivity index (χ4v) is 7.50. The van der Waals surface area contributed by atoms with E-state index in [0.29, 0.717) is 51.6 Å². The van der Waals surface area contributed by atoms with E-state index in [9.17, 15) is 4.79 Å². The number of amides is 1. The van der Waals surface area contributed by atoms with E-state index in [4.69, 9.17) is 9.47 Å². The van der Waals surface area contributed by atoms with E-state index < -0.39 is 6.10 Å². The van der Waals surface area contributed by atoms with E-state index in [1.54, 1.807) is 23.7 Å². The molecule has 0 bridgehead atoms. The van der Waals surface area contributed by atoms with E-state index in [1.807, 2.05) is 18.5 Å². The summed E-state index contributed by atoms with van der Waals surface area (Å²) in [7, 11) is 0. The van der Waals surface area contributed by atoms with Crippen LogP contribution in [0.15, 0.2) is 43.0 Å². The number of ether oxygens (including phenoxy) is 2. The Hall–Kier alpha value is -2.96. The van der Waals surface area contributed by atoms with Gasteiger partial charge >= 0.3 is 0 Å². The van der Waals surface area contributed by atoms with Gasteiger partial charge in [0.2, 0.25) is 5.91 Å². The van der Waals surface area contributed by atoms with Crippen LogP contribution in [-0.2, 0) is 14.3 Å². The predicted molar refractivity (Wildman–Crippen MR) is 146 cm³/mol. The van der Waals surface area contributed by atoms with Crippen LogP contribution in [0, 0.1) is 5.82 Å². The number of benzene rings is 1. The lowest BCUT2D eigenvalue weighted by atomic mass is 10.0. The van der Waals surface area contributed by atoms with Gasteiger partial charge in [0.25, 0.3) is 0 Å². The van der Waals surface area contributed by atoms with Crippen LogP contribution in [0.5, 0.6) is 0 Å². The van der Waals surface area contributed by atoms with Gasteiger partial charge in [-0.3, -0.25) is 14.6 Å². The number of halogens is 1. The van der Waals surface area contributed by atoms with E-state index in [2.05, 4.69) is 35.7 Å². The minimum atomic E-state index is -0.422. The molecular weight excluding hydrogens is 519 g/mol. The van der Waals surface area contributed by atoms with Crippen molar-refractivity contribution in [2.45, 2.75) is 31.2 Å². The number of aromatic nitrogens is 3. The van der Waals surface area contributed by atoms with Gasteiger partial charge in [0, 0.05) is 79.2 Å². The highest BCUT2D eigenvalue weighted by atomic mass is 32.1. The molecule has 3 fully saturated rings. The summed E-state index contributed by atoms with van der Waals surface area (Å²) in [5.74, 6) is -0.102. The van der Waals surface area contributed by atoms with Crippen LogP contribution in [0.4, 0.5) is 4.39 Å². The van der Waals surface area contributed by atoms with Crippen LogP contribution in [0.25, 0.3) is 21.1 Å². The number of rotatable bonds is 5. The van der Waals surface area contributed by atoms with Gasteiger partial charge < -0.3 is 19.4 Å². The molecule has 2 atom stereocenters. The molecule has 204 valence electrons. The standard InChI is InChI=1S/C28H31FN6O3S/c29-20-1-2-21-19(3-6-31-21)27(20)23-15-34(9-12-38-23)28(24-13-22-25(39-24)14-30-17-32-22)33-7-8-35(26(36)16-33)18-4-10-37-11-5-18/h1-3,6,13-14,17-18,23,28,31H,4-5,7-12,15-16H2. The maximum atomic E-state index is 15.2. The van der Waals surface area contributed by atoms with Crippen molar-refractivity contribution in [3.05, 3.63) is 59.2 Å². The monoisotopic (exact) mass is 550 g/mol. The molecule has 11 heteroatoms. The second-order valence-electron chi connectivity index (χ2n) is 10.5. The molecule has 3 aliphatic heterocycles. The second kappa shape index (κ2) is 10.5. The SMILES string of the molecule is O=C1CN(C(c2cc3ncncc3s2)N2CCOC(c3c(F)ccc4[nH]ccc34)C2)CCN1C1CCOCC1. The minimum Gasteiger partial charge on any atom is -0.381 e. The number of hydrogen-bond acceptors (Lipinski definition) is 8. The molecule has 4 aromatic rings. The molecule has 3 aliphatic rings. The predicted octanol–water partition coefficient (Wildman–Crippen LogP) is 3.71. The van der Waals surface area contributed by atoms with Crippen molar-refractivity contribution in [2.75, 3.05) is 52.5 Å². The zero-order chi connectivity index (χ0) is 26.3. The summed E-state index contributed by atoms with van der Waals surface area (Å²) in [5.41, 5.74) is 2.37. The number of nitrogens with one attached hydrogen (secondary N) is 1. The first kappa shape index (κ1) is 25.0. The lowest BCUT2D eigenvalue weighted by molar-refractivity contribution is -0.146. The molecule has 3 aromatic heterocycles. The largest absolute Gasteiger partial charge is 0.381 e. The van der Waals surface area contributed by atoms with Gasteiger partial charge in [0.1, 0.15) is 12.1 Å². The second-order valence-corrected chi connectivity index (χ2v) is 11.6. The molecule has 1 N–H and O–H groups in total.